The highest BCUT2D eigenvalue weighted by molar-refractivity contribution is 5.91. The van der Waals surface area contributed by atoms with Crippen molar-refractivity contribution in [3.63, 3.8) is 0 Å². The van der Waals surface area contributed by atoms with E-state index in [4.69, 9.17) is 4.74 Å². The maximum absolute atomic E-state index is 13.4. The van der Waals surface area contributed by atoms with E-state index in [-0.39, 0.29) is 17.7 Å². The van der Waals surface area contributed by atoms with Crippen molar-refractivity contribution >= 4 is 12.0 Å². The molecule has 1 aromatic rings. The lowest BCUT2D eigenvalue weighted by Gasteiger charge is -2.08. The third kappa shape index (κ3) is 4.20. The van der Waals surface area contributed by atoms with Gasteiger partial charge in [-0.15, -0.1) is 0 Å². The number of halogens is 1. The molecule has 1 N–H and O–H groups in total. The number of benzene rings is 1. The van der Waals surface area contributed by atoms with Crippen LogP contribution >= 0.6 is 0 Å². The summed E-state index contributed by atoms with van der Waals surface area (Å²) in [4.78, 5) is 11.5. The van der Waals surface area contributed by atoms with E-state index >= 15 is 0 Å². The zero-order valence-electron chi connectivity index (χ0n) is 10.9. The zero-order valence-corrected chi connectivity index (χ0v) is 10.9. The summed E-state index contributed by atoms with van der Waals surface area (Å²) in [6.07, 6.45) is 3.84. The van der Waals surface area contributed by atoms with E-state index in [9.17, 15) is 9.18 Å². The summed E-state index contributed by atoms with van der Waals surface area (Å²) in [5.74, 6) is -0.432. The first-order chi connectivity index (χ1) is 8.56. The van der Waals surface area contributed by atoms with Crippen molar-refractivity contribution in [2.45, 2.75) is 26.3 Å². The molecule has 3 nitrogen and oxygen atoms in total. The second-order valence-electron chi connectivity index (χ2n) is 4.05. The fourth-order valence-electron chi connectivity index (χ4n) is 1.35. The topological polar surface area (TPSA) is 38.3 Å². The lowest BCUT2D eigenvalue weighted by Crippen LogP contribution is -2.30. The quantitative estimate of drug-likeness (QED) is 0.817. The van der Waals surface area contributed by atoms with Crippen molar-refractivity contribution < 1.29 is 13.9 Å². The molecule has 0 aromatic heterocycles. The molecule has 1 rings (SSSR count). The van der Waals surface area contributed by atoms with Gasteiger partial charge in [0.15, 0.2) is 11.6 Å². The predicted molar refractivity (Wildman–Crippen MR) is 69.9 cm³/mol. The Hall–Kier alpha value is -1.84. The molecule has 0 unspecified atom stereocenters. The normalized spacial score (nSPS) is 12.4. The van der Waals surface area contributed by atoms with Crippen molar-refractivity contribution in [2.24, 2.45) is 0 Å². The first-order valence-electron chi connectivity index (χ1n) is 5.89. The van der Waals surface area contributed by atoms with Gasteiger partial charge >= 0.3 is 0 Å². The van der Waals surface area contributed by atoms with Crippen LogP contribution in [-0.4, -0.2) is 19.1 Å². The molecule has 0 aliphatic rings. The lowest BCUT2D eigenvalue weighted by molar-refractivity contribution is -0.117. The van der Waals surface area contributed by atoms with Gasteiger partial charge in [-0.3, -0.25) is 4.79 Å². The molecule has 0 spiro atoms. The third-order valence-electron chi connectivity index (χ3n) is 2.60. The molecule has 0 aliphatic heterocycles. The highest BCUT2D eigenvalue weighted by Gasteiger charge is 2.03. The number of methoxy groups -OCH3 is 1. The van der Waals surface area contributed by atoms with Crippen LogP contribution in [-0.2, 0) is 4.79 Å². The average molecular weight is 251 g/mol. The van der Waals surface area contributed by atoms with Crippen LogP contribution in [0.2, 0.25) is 0 Å². The Morgan fingerprint density at radius 2 is 2.28 bits per heavy atom. The van der Waals surface area contributed by atoms with Crippen LogP contribution in [0.3, 0.4) is 0 Å². The van der Waals surface area contributed by atoms with Gasteiger partial charge in [0, 0.05) is 12.1 Å². The predicted octanol–water partition coefficient (Wildman–Crippen LogP) is 2.76. The summed E-state index contributed by atoms with van der Waals surface area (Å²) >= 11 is 0. The van der Waals surface area contributed by atoms with Crippen molar-refractivity contribution in [1.29, 1.82) is 0 Å². The minimum Gasteiger partial charge on any atom is -0.494 e. The summed E-state index contributed by atoms with van der Waals surface area (Å²) in [5, 5.41) is 2.79. The smallest absolute Gasteiger partial charge is 0.244 e. The number of rotatable bonds is 5. The van der Waals surface area contributed by atoms with Gasteiger partial charge in [0.1, 0.15) is 0 Å². The van der Waals surface area contributed by atoms with Gasteiger partial charge in [0.2, 0.25) is 5.91 Å². The summed E-state index contributed by atoms with van der Waals surface area (Å²) in [7, 11) is 1.41. The number of hydrogen-bond acceptors (Lipinski definition) is 2. The minimum atomic E-state index is -0.443. The molecule has 1 atom stereocenters. The molecule has 0 radical (unpaired) electrons. The molecular formula is C14H18FNO2. The van der Waals surface area contributed by atoms with Gasteiger partial charge in [-0.05, 0) is 37.1 Å². The monoisotopic (exact) mass is 251 g/mol. The Morgan fingerprint density at radius 3 is 2.83 bits per heavy atom. The summed E-state index contributed by atoms with van der Waals surface area (Å²) in [5.41, 5.74) is 0.618. The maximum Gasteiger partial charge on any atom is 0.244 e. The molecule has 0 fully saturated rings. The fraction of sp³-hybridized carbons (Fsp3) is 0.357. The highest BCUT2D eigenvalue weighted by atomic mass is 19.1. The number of hydrogen-bond donors (Lipinski definition) is 1. The average Bonchev–Trinajstić information content (AvgIpc) is 2.36. The third-order valence-corrected chi connectivity index (χ3v) is 2.60. The van der Waals surface area contributed by atoms with Gasteiger partial charge < -0.3 is 10.1 Å². The van der Waals surface area contributed by atoms with Crippen molar-refractivity contribution in [2.75, 3.05) is 7.11 Å². The molecule has 98 valence electrons. The minimum absolute atomic E-state index is 0.134. The Labute approximate surface area is 107 Å². The second-order valence-corrected chi connectivity index (χ2v) is 4.05. The SMILES string of the molecule is CC[C@H](C)NC(=O)/C=C/c1ccc(OC)c(F)c1. The lowest BCUT2D eigenvalue weighted by atomic mass is 10.2. The second kappa shape index (κ2) is 6.79. The molecule has 1 amide bonds. The number of nitrogens with one attached hydrogen (secondary N) is 1. The van der Waals surface area contributed by atoms with E-state index in [0.717, 1.165) is 6.42 Å². The number of carbonyl (C=O) groups excluding carboxylic acids is 1. The fourth-order valence-corrected chi connectivity index (χ4v) is 1.35. The number of ether oxygens (including phenoxy) is 1. The van der Waals surface area contributed by atoms with Crippen LogP contribution < -0.4 is 10.1 Å². The molecule has 18 heavy (non-hydrogen) atoms. The van der Waals surface area contributed by atoms with E-state index < -0.39 is 5.82 Å². The van der Waals surface area contributed by atoms with Crippen LogP contribution in [0.25, 0.3) is 6.08 Å². The van der Waals surface area contributed by atoms with Crippen LogP contribution in [0.1, 0.15) is 25.8 Å². The molecule has 0 heterocycles. The summed E-state index contributed by atoms with van der Waals surface area (Å²) in [6.45, 7) is 3.92. The van der Waals surface area contributed by atoms with Gasteiger partial charge in [-0.2, -0.15) is 0 Å². The van der Waals surface area contributed by atoms with E-state index in [1.807, 2.05) is 13.8 Å². The molecule has 0 saturated heterocycles. The Kier molecular flexibility index (Phi) is 5.36. The Balaban J connectivity index is 2.67. The maximum atomic E-state index is 13.4. The standard InChI is InChI=1S/C14H18FNO2/c1-4-10(2)16-14(17)8-6-11-5-7-13(18-3)12(15)9-11/h5-10H,4H2,1-3H3,(H,16,17)/b8-6+/t10-/m0/s1. The van der Waals surface area contributed by atoms with Gasteiger partial charge in [0.05, 0.1) is 7.11 Å². The Morgan fingerprint density at radius 1 is 1.56 bits per heavy atom. The molecule has 0 aliphatic carbocycles. The molecule has 0 bridgehead atoms. The molecule has 1 aromatic carbocycles. The van der Waals surface area contributed by atoms with E-state index in [2.05, 4.69) is 5.32 Å². The van der Waals surface area contributed by atoms with Crippen molar-refractivity contribution in [3.8, 4) is 5.75 Å². The van der Waals surface area contributed by atoms with E-state index in [0.29, 0.717) is 5.56 Å². The Bertz CT molecular complexity index is 443. The number of carbonyl (C=O) groups is 1. The van der Waals surface area contributed by atoms with Crippen LogP contribution in [0.5, 0.6) is 5.75 Å². The van der Waals surface area contributed by atoms with Gasteiger partial charge in [0.25, 0.3) is 0 Å². The van der Waals surface area contributed by atoms with Crippen LogP contribution in [0.4, 0.5) is 4.39 Å². The van der Waals surface area contributed by atoms with Crippen molar-refractivity contribution in [3.05, 3.63) is 35.7 Å². The van der Waals surface area contributed by atoms with Crippen LogP contribution in [0.15, 0.2) is 24.3 Å². The molecule has 4 heteroatoms. The van der Waals surface area contributed by atoms with Crippen molar-refractivity contribution in [1.82, 2.24) is 5.32 Å². The largest absolute Gasteiger partial charge is 0.494 e. The highest BCUT2D eigenvalue weighted by Crippen LogP contribution is 2.18. The van der Waals surface area contributed by atoms with E-state index in [1.54, 1.807) is 12.1 Å². The van der Waals surface area contributed by atoms with Crippen LogP contribution in [0, 0.1) is 5.82 Å². The molecular weight excluding hydrogens is 233 g/mol. The van der Waals surface area contributed by atoms with Gasteiger partial charge in [-0.1, -0.05) is 13.0 Å². The number of amides is 1. The summed E-state index contributed by atoms with van der Waals surface area (Å²) < 4.78 is 18.2. The first kappa shape index (κ1) is 14.2. The first-order valence-corrected chi connectivity index (χ1v) is 5.89. The van der Waals surface area contributed by atoms with E-state index in [1.165, 1.54) is 25.3 Å². The van der Waals surface area contributed by atoms with Gasteiger partial charge in [-0.25, -0.2) is 4.39 Å². The molecule has 0 saturated carbocycles. The zero-order chi connectivity index (χ0) is 13.5. The summed E-state index contributed by atoms with van der Waals surface area (Å²) in [6, 6.07) is 4.68.